The maximum absolute atomic E-state index is 6.00. The summed E-state index contributed by atoms with van der Waals surface area (Å²) < 4.78 is 0. The smallest absolute Gasteiger partial charge is 0.161 e. The molecule has 0 aliphatic heterocycles. The van der Waals surface area contributed by atoms with Gasteiger partial charge in [0.25, 0.3) is 0 Å². The molecule has 5 heteroatoms. The summed E-state index contributed by atoms with van der Waals surface area (Å²) in [7, 11) is 0. The molecule has 1 N–H and O–H groups in total. The van der Waals surface area contributed by atoms with Gasteiger partial charge in [0.05, 0.1) is 0 Å². The van der Waals surface area contributed by atoms with Crippen molar-refractivity contribution in [2.24, 2.45) is 0 Å². The molecule has 2 aromatic heterocycles. The Bertz CT molecular complexity index is 731. The standard InChI is InChI=1S/C16H13ClN4/c17-14-3-1-2-13(10-14)16-19-9-6-15(21-16)20-11-12-4-7-18-8-5-12/h1-10H,11H2,(H,19,20,21). The predicted octanol–water partition coefficient (Wildman–Crippen LogP) is 3.80. The van der Waals surface area contributed by atoms with Crippen molar-refractivity contribution >= 4 is 17.4 Å². The summed E-state index contributed by atoms with van der Waals surface area (Å²) in [5, 5.41) is 3.95. The first-order valence-electron chi connectivity index (χ1n) is 6.53. The van der Waals surface area contributed by atoms with Gasteiger partial charge in [-0.2, -0.15) is 0 Å². The van der Waals surface area contributed by atoms with Gasteiger partial charge >= 0.3 is 0 Å². The van der Waals surface area contributed by atoms with Crippen molar-refractivity contribution in [2.75, 3.05) is 5.32 Å². The van der Waals surface area contributed by atoms with Crippen LogP contribution in [0.2, 0.25) is 5.02 Å². The monoisotopic (exact) mass is 296 g/mol. The van der Waals surface area contributed by atoms with E-state index in [-0.39, 0.29) is 0 Å². The highest BCUT2D eigenvalue weighted by molar-refractivity contribution is 6.30. The lowest BCUT2D eigenvalue weighted by Crippen LogP contribution is -2.02. The highest BCUT2D eigenvalue weighted by atomic mass is 35.5. The van der Waals surface area contributed by atoms with Gasteiger partial charge in [0.2, 0.25) is 0 Å². The number of anilines is 1. The molecule has 104 valence electrons. The second kappa shape index (κ2) is 6.33. The van der Waals surface area contributed by atoms with Crippen molar-refractivity contribution < 1.29 is 0 Å². The van der Waals surface area contributed by atoms with E-state index in [0.29, 0.717) is 17.4 Å². The second-order valence-corrected chi connectivity index (χ2v) is 4.92. The molecular formula is C16H13ClN4. The maximum Gasteiger partial charge on any atom is 0.161 e. The van der Waals surface area contributed by atoms with Crippen LogP contribution in [0.1, 0.15) is 5.56 Å². The number of pyridine rings is 1. The van der Waals surface area contributed by atoms with E-state index in [1.54, 1.807) is 18.6 Å². The Balaban J connectivity index is 1.77. The Morgan fingerprint density at radius 2 is 1.86 bits per heavy atom. The van der Waals surface area contributed by atoms with Gasteiger partial charge in [-0.15, -0.1) is 0 Å². The maximum atomic E-state index is 6.00. The lowest BCUT2D eigenvalue weighted by Gasteiger charge is -2.07. The molecule has 3 aromatic rings. The molecule has 21 heavy (non-hydrogen) atoms. The van der Waals surface area contributed by atoms with Crippen molar-refractivity contribution in [3.05, 3.63) is 71.6 Å². The fourth-order valence-electron chi connectivity index (χ4n) is 1.92. The fraction of sp³-hybridized carbons (Fsp3) is 0.0625. The molecule has 2 heterocycles. The van der Waals surface area contributed by atoms with Gasteiger partial charge in [0.15, 0.2) is 5.82 Å². The largest absolute Gasteiger partial charge is 0.366 e. The molecule has 0 aliphatic carbocycles. The van der Waals surface area contributed by atoms with Crippen molar-refractivity contribution in [1.29, 1.82) is 0 Å². The number of rotatable bonds is 4. The van der Waals surface area contributed by atoms with Crippen LogP contribution in [0.5, 0.6) is 0 Å². The van der Waals surface area contributed by atoms with Crippen LogP contribution in [0, 0.1) is 0 Å². The molecular weight excluding hydrogens is 284 g/mol. The summed E-state index contributed by atoms with van der Waals surface area (Å²) in [6.07, 6.45) is 5.28. The number of nitrogens with zero attached hydrogens (tertiary/aromatic N) is 3. The lowest BCUT2D eigenvalue weighted by atomic mass is 10.2. The van der Waals surface area contributed by atoms with E-state index in [2.05, 4.69) is 20.3 Å². The molecule has 0 unspecified atom stereocenters. The van der Waals surface area contributed by atoms with Gasteiger partial charge in [0.1, 0.15) is 5.82 Å². The molecule has 0 bridgehead atoms. The number of hydrogen-bond donors (Lipinski definition) is 1. The van der Waals surface area contributed by atoms with Crippen molar-refractivity contribution in [3.8, 4) is 11.4 Å². The van der Waals surface area contributed by atoms with E-state index < -0.39 is 0 Å². The predicted molar refractivity (Wildman–Crippen MR) is 84.0 cm³/mol. The van der Waals surface area contributed by atoms with Gasteiger partial charge in [-0.05, 0) is 35.9 Å². The molecule has 0 amide bonds. The second-order valence-electron chi connectivity index (χ2n) is 4.48. The zero-order chi connectivity index (χ0) is 14.5. The average molecular weight is 297 g/mol. The number of aromatic nitrogens is 3. The van der Waals surface area contributed by atoms with Gasteiger partial charge in [0, 0.05) is 35.7 Å². The van der Waals surface area contributed by atoms with Gasteiger partial charge in [-0.3, -0.25) is 4.98 Å². The van der Waals surface area contributed by atoms with E-state index in [0.717, 1.165) is 16.9 Å². The summed E-state index contributed by atoms with van der Waals surface area (Å²) in [6, 6.07) is 13.3. The van der Waals surface area contributed by atoms with E-state index in [4.69, 9.17) is 11.6 Å². The molecule has 0 atom stereocenters. The summed E-state index contributed by atoms with van der Waals surface area (Å²) >= 11 is 6.00. The molecule has 1 aromatic carbocycles. The summed E-state index contributed by atoms with van der Waals surface area (Å²) in [4.78, 5) is 12.8. The first-order chi connectivity index (χ1) is 10.3. The lowest BCUT2D eigenvalue weighted by molar-refractivity contribution is 1.08. The minimum atomic E-state index is 0.650. The summed E-state index contributed by atoms with van der Waals surface area (Å²) in [6.45, 7) is 0.689. The number of hydrogen-bond acceptors (Lipinski definition) is 4. The van der Waals surface area contributed by atoms with E-state index in [1.165, 1.54) is 0 Å². The molecule has 4 nitrogen and oxygen atoms in total. The molecule has 0 spiro atoms. The van der Waals surface area contributed by atoms with Crippen molar-refractivity contribution in [2.45, 2.75) is 6.54 Å². The fourth-order valence-corrected chi connectivity index (χ4v) is 2.11. The van der Waals surface area contributed by atoms with Crippen LogP contribution in [0.15, 0.2) is 61.1 Å². The number of nitrogens with one attached hydrogen (secondary N) is 1. The van der Waals surface area contributed by atoms with Crippen LogP contribution >= 0.6 is 11.6 Å². The van der Waals surface area contributed by atoms with Crippen molar-refractivity contribution in [3.63, 3.8) is 0 Å². The van der Waals surface area contributed by atoms with Gasteiger partial charge < -0.3 is 5.32 Å². The molecule has 0 saturated carbocycles. The van der Waals surface area contributed by atoms with Crippen LogP contribution in [0.4, 0.5) is 5.82 Å². The van der Waals surface area contributed by atoms with Crippen LogP contribution in [0.25, 0.3) is 11.4 Å². The minimum Gasteiger partial charge on any atom is -0.366 e. The third kappa shape index (κ3) is 3.55. The molecule has 0 fully saturated rings. The Labute approximate surface area is 127 Å². The Morgan fingerprint density at radius 1 is 1.00 bits per heavy atom. The van der Waals surface area contributed by atoms with E-state index in [1.807, 2.05) is 42.5 Å². The third-order valence-electron chi connectivity index (χ3n) is 2.96. The van der Waals surface area contributed by atoms with Crippen molar-refractivity contribution in [1.82, 2.24) is 15.0 Å². The topological polar surface area (TPSA) is 50.7 Å². The molecule has 0 radical (unpaired) electrons. The zero-order valence-corrected chi connectivity index (χ0v) is 12.0. The van der Waals surface area contributed by atoms with E-state index >= 15 is 0 Å². The average Bonchev–Trinajstić information content (AvgIpc) is 2.54. The van der Waals surface area contributed by atoms with Gasteiger partial charge in [-0.25, -0.2) is 9.97 Å². The first kappa shape index (κ1) is 13.5. The normalized spacial score (nSPS) is 10.3. The zero-order valence-electron chi connectivity index (χ0n) is 11.2. The Kier molecular flexibility index (Phi) is 4.07. The minimum absolute atomic E-state index is 0.650. The Hall–Kier alpha value is -2.46. The molecule has 0 saturated heterocycles. The van der Waals surface area contributed by atoms with Crippen LogP contribution in [-0.4, -0.2) is 15.0 Å². The first-order valence-corrected chi connectivity index (χ1v) is 6.91. The molecule has 3 rings (SSSR count). The van der Waals surface area contributed by atoms with E-state index in [9.17, 15) is 0 Å². The summed E-state index contributed by atoms with van der Waals surface area (Å²) in [5.74, 6) is 1.43. The van der Waals surface area contributed by atoms with Crippen LogP contribution in [-0.2, 0) is 6.54 Å². The number of benzene rings is 1. The SMILES string of the molecule is Clc1cccc(-c2nccc(NCc3ccncc3)n2)c1. The number of halogens is 1. The third-order valence-corrected chi connectivity index (χ3v) is 3.20. The van der Waals surface area contributed by atoms with Crippen LogP contribution in [0.3, 0.4) is 0 Å². The quantitative estimate of drug-likeness (QED) is 0.795. The summed E-state index contributed by atoms with van der Waals surface area (Å²) in [5.41, 5.74) is 2.04. The van der Waals surface area contributed by atoms with Gasteiger partial charge in [-0.1, -0.05) is 23.7 Å². The Morgan fingerprint density at radius 3 is 2.67 bits per heavy atom. The highest BCUT2D eigenvalue weighted by Gasteiger charge is 2.03. The van der Waals surface area contributed by atoms with Crippen LogP contribution < -0.4 is 5.32 Å². The molecule has 0 aliphatic rings. The highest BCUT2D eigenvalue weighted by Crippen LogP contribution is 2.20.